The van der Waals surface area contributed by atoms with Crippen LogP contribution in [0.1, 0.15) is 16.7 Å². The number of benzene rings is 2. The van der Waals surface area contributed by atoms with Crippen molar-refractivity contribution in [2.45, 2.75) is 13.5 Å². The number of hydrogen-bond acceptors (Lipinski definition) is 4. The zero-order valence-corrected chi connectivity index (χ0v) is 15.3. The highest BCUT2D eigenvalue weighted by atomic mass is 79.9. The first-order chi connectivity index (χ1) is 11.4. The maximum absolute atomic E-state index is 9.73. The van der Waals surface area contributed by atoms with E-state index in [0.717, 1.165) is 10.0 Å². The molecular formula is C18H15BrN2O2S. The third kappa shape index (κ3) is 4.57. The molecule has 2 rings (SSSR count). The zero-order valence-electron chi connectivity index (χ0n) is 12.9. The Morgan fingerprint density at radius 2 is 1.96 bits per heavy atom. The van der Waals surface area contributed by atoms with Crippen LogP contribution in [0, 0.1) is 18.3 Å². The first-order valence-electron chi connectivity index (χ1n) is 7.07. The molecule has 0 heterocycles. The van der Waals surface area contributed by atoms with Crippen molar-refractivity contribution < 1.29 is 10.2 Å². The van der Waals surface area contributed by atoms with Gasteiger partial charge in [0.2, 0.25) is 0 Å². The number of hydrogen-bond donors (Lipinski definition) is 3. The van der Waals surface area contributed by atoms with Gasteiger partial charge in [0, 0.05) is 16.6 Å². The number of halogens is 1. The van der Waals surface area contributed by atoms with Crippen LogP contribution in [0.15, 0.2) is 46.4 Å². The normalized spacial score (nSPS) is 11.0. The van der Waals surface area contributed by atoms with Crippen molar-refractivity contribution in [1.29, 1.82) is 5.26 Å². The summed E-state index contributed by atoms with van der Waals surface area (Å²) >= 11 is 8.64. The molecule has 0 saturated heterocycles. The summed E-state index contributed by atoms with van der Waals surface area (Å²) < 4.78 is 0.915. The number of nitriles is 1. The van der Waals surface area contributed by atoms with Crippen LogP contribution in [0.3, 0.4) is 0 Å². The second-order valence-corrected chi connectivity index (χ2v) is 6.49. The Kier molecular flexibility index (Phi) is 5.96. The molecule has 0 aliphatic carbocycles. The van der Waals surface area contributed by atoms with Gasteiger partial charge in [0.25, 0.3) is 0 Å². The molecule has 3 N–H and O–H groups in total. The molecule has 0 saturated carbocycles. The molecule has 0 unspecified atom stereocenters. The second-order valence-electron chi connectivity index (χ2n) is 5.17. The summed E-state index contributed by atoms with van der Waals surface area (Å²) in [4.78, 5) is 0.303. The third-order valence-electron chi connectivity index (χ3n) is 3.39. The fourth-order valence-corrected chi connectivity index (χ4v) is 2.63. The first kappa shape index (κ1) is 18.0. The van der Waals surface area contributed by atoms with Gasteiger partial charge in [-0.3, -0.25) is 0 Å². The van der Waals surface area contributed by atoms with Crippen molar-refractivity contribution in [3.8, 4) is 17.6 Å². The Hall–Kier alpha value is -2.36. The van der Waals surface area contributed by atoms with E-state index in [9.17, 15) is 15.5 Å². The highest BCUT2D eigenvalue weighted by molar-refractivity contribution is 9.10. The average Bonchev–Trinajstić information content (AvgIpc) is 2.55. The van der Waals surface area contributed by atoms with Gasteiger partial charge in [-0.15, -0.1) is 0 Å². The number of phenols is 2. The van der Waals surface area contributed by atoms with Crippen LogP contribution in [0.5, 0.6) is 11.5 Å². The molecule has 122 valence electrons. The Balaban J connectivity index is 2.12. The molecule has 0 spiro atoms. The predicted octanol–water partition coefficient (Wildman–Crippen LogP) is 4.19. The van der Waals surface area contributed by atoms with E-state index in [1.54, 1.807) is 25.1 Å². The maximum atomic E-state index is 9.73. The molecule has 0 bridgehead atoms. The molecule has 4 nitrogen and oxygen atoms in total. The summed E-state index contributed by atoms with van der Waals surface area (Å²) in [6.07, 6.45) is 1.70. The lowest BCUT2D eigenvalue weighted by Crippen LogP contribution is -2.22. The van der Waals surface area contributed by atoms with Crippen molar-refractivity contribution >= 4 is 39.2 Å². The van der Waals surface area contributed by atoms with E-state index in [-0.39, 0.29) is 18.0 Å². The third-order valence-corrected chi connectivity index (χ3v) is 4.25. The van der Waals surface area contributed by atoms with Gasteiger partial charge in [-0.05, 0) is 48.4 Å². The highest BCUT2D eigenvalue weighted by Crippen LogP contribution is 2.27. The Morgan fingerprint density at radius 3 is 2.54 bits per heavy atom. The minimum atomic E-state index is 0.0166. The molecule has 2 aromatic carbocycles. The van der Waals surface area contributed by atoms with E-state index in [1.165, 1.54) is 0 Å². The van der Waals surface area contributed by atoms with Crippen molar-refractivity contribution in [2.75, 3.05) is 0 Å². The van der Waals surface area contributed by atoms with Crippen LogP contribution in [-0.4, -0.2) is 15.2 Å². The summed E-state index contributed by atoms with van der Waals surface area (Å²) in [5.41, 5.74) is 2.28. The van der Waals surface area contributed by atoms with E-state index in [1.807, 2.05) is 24.3 Å². The Morgan fingerprint density at radius 1 is 1.29 bits per heavy atom. The fraction of sp³-hybridized carbons (Fsp3) is 0.111. The molecule has 2 aromatic rings. The van der Waals surface area contributed by atoms with Crippen LogP contribution in [0.4, 0.5) is 0 Å². The number of phenolic OH excluding ortho intramolecular Hbond substituents is 2. The molecule has 0 amide bonds. The predicted molar refractivity (Wildman–Crippen MR) is 102 cm³/mol. The molecule has 0 aliphatic rings. The number of rotatable bonds is 4. The standard InChI is InChI=1S/C18H15BrN2O2S/c1-11-16(22)7-13(8-17(11)23)10-21-18(24)14(9-20)5-12-3-2-4-15(19)6-12/h2-8,22-23H,10H2,1H3,(H,21,24)/b14-5+. The first-order valence-corrected chi connectivity index (χ1v) is 8.28. The van der Waals surface area contributed by atoms with Crippen molar-refractivity contribution in [1.82, 2.24) is 5.32 Å². The highest BCUT2D eigenvalue weighted by Gasteiger charge is 2.08. The molecule has 0 aromatic heterocycles. The minimum absolute atomic E-state index is 0.0166. The maximum Gasteiger partial charge on any atom is 0.122 e. The summed E-state index contributed by atoms with van der Waals surface area (Å²) in [6.45, 7) is 1.92. The molecule has 24 heavy (non-hydrogen) atoms. The quantitative estimate of drug-likeness (QED) is 0.406. The zero-order chi connectivity index (χ0) is 17.7. The molecule has 0 fully saturated rings. The van der Waals surface area contributed by atoms with Gasteiger partial charge in [-0.1, -0.05) is 40.3 Å². The monoisotopic (exact) mass is 402 g/mol. The SMILES string of the molecule is Cc1c(O)cc(CNC(=S)/C(C#N)=C/c2cccc(Br)c2)cc1O. The smallest absolute Gasteiger partial charge is 0.122 e. The summed E-state index contributed by atoms with van der Waals surface area (Å²) in [7, 11) is 0. The van der Waals surface area contributed by atoms with Crippen molar-refractivity contribution in [3.63, 3.8) is 0 Å². The number of thiocarbonyl (C=S) groups is 1. The number of aromatic hydroxyl groups is 2. The van der Waals surface area contributed by atoms with Gasteiger partial charge < -0.3 is 15.5 Å². The van der Waals surface area contributed by atoms with E-state index >= 15 is 0 Å². The lowest BCUT2D eigenvalue weighted by atomic mass is 10.1. The number of nitrogens with zero attached hydrogens (tertiary/aromatic N) is 1. The van der Waals surface area contributed by atoms with Crippen LogP contribution >= 0.6 is 28.1 Å². The molecular weight excluding hydrogens is 388 g/mol. The molecule has 0 atom stereocenters. The van der Waals surface area contributed by atoms with Crippen molar-refractivity contribution in [3.05, 3.63) is 63.1 Å². The van der Waals surface area contributed by atoms with Gasteiger partial charge >= 0.3 is 0 Å². The molecule has 0 aliphatic heterocycles. The summed E-state index contributed by atoms with van der Waals surface area (Å²) in [6, 6.07) is 12.7. The van der Waals surface area contributed by atoms with Gasteiger partial charge in [0.1, 0.15) is 22.6 Å². The largest absolute Gasteiger partial charge is 0.508 e. The van der Waals surface area contributed by atoms with Crippen LogP contribution in [0.25, 0.3) is 6.08 Å². The Labute approximate surface area is 154 Å². The van der Waals surface area contributed by atoms with E-state index in [4.69, 9.17) is 12.2 Å². The van der Waals surface area contributed by atoms with Gasteiger partial charge in [-0.25, -0.2) is 0 Å². The van der Waals surface area contributed by atoms with Gasteiger partial charge in [0.15, 0.2) is 0 Å². The Bertz CT molecular complexity index is 833. The molecule has 6 heteroatoms. The second kappa shape index (κ2) is 7.95. The summed E-state index contributed by atoms with van der Waals surface area (Å²) in [5.74, 6) is 0.0332. The van der Waals surface area contributed by atoms with E-state index in [0.29, 0.717) is 21.7 Å². The van der Waals surface area contributed by atoms with Crippen LogP contribution in [0.2, 0.25) is 0 Å². The van der Waals surface area contributed by atoms with Gasteiger partial charge in [0.05, 0.1) is 5.57 Å². The van der Waals surface area contributed by atoms with Crippen LogP contribution < -0.4 is 5.32 Å². The van der Waals surface area contributed by atoms with Gasteiger partial charge in [-0.2, -0.15) is 5.26 Å². The number of nitrogens with one attached hydrogen (secondary N) is 1. The summed E-state index contributed by atoms with van der Waals surface area (Å²) in [5, 5.41) is 31.7. The fourth-order valence-electron chi connectivity index (χ4n) is 2.03. The lowest BCUT2D eigenvalue weighted by Gasteiger charge is -2.10. The van der Waals surface area contributed by atoms with E-state index in [2.05, 4.69) is 27.3 Å². The topological polar surface area (TPSA) is 76.3 Å². The van der Waals surface area contributed by atoms with Crippen molar-refractivity contribution in [2.24, 2.45) is 0 Å². The molecule has 0 radical (unpaired) electrons. The van der Waals surface area contributed by atoms with E-state index < -0.39 is 0 Å². The average molecular weight is 403 g/mol. The lowest BCUT2D eigenvalue weighted by molar-refractivity contribution is 0.442. The minimum Gasteiger partial charge on any atom is -0.508 e. The van der Waals surface area contributed by atoms with Crippen LogP contribution in [-0.2, 0) is 6.54 Å².